The molecule has 0 aliphatic carbocycles. The second-order valence-electron chi connectivity index (χ2n) is 8.12. The SMILES string of the molecule is CN1CC[C@]2(CCC1=O)CN(C(=O)c1cnn3c1CCCC3)CCN2C. The van der Waals surface area contributed by atoms with Gasteiger partial charge >= 0.3 is 0 Å². The summed E-state index contributed by atoms with van der Waals surface area (Å²) in [6.45, 7) is 3.98. The molecule has 4 heterocycles. The van der Waals surface area contributed by atoms with Gasteiger partial charge in [0.1, 0.15) is 0 Å². The van der Waals surface area contributed by atoms with E-state index in [-0.39, 0.29) is 17.4 Å². The van der Waals surface area contributed by atoms with Gasteiger partial charge in [0.15, 0.2) is 0 Å². The lowest BCUT2D eigenvalue weighted by atomic mass is 9.86. The zero-order chi connectivity index (χ0) is 18.3. The standard InChI is InChI=1S/C19H29N5O2/c1-21-10-8-19(7-6-17(21)25)14-23(12-11-22(19)2)18(26)15-13-20-24-9-4-3-5-16(15)24/h13H,3-12,14H2,1-2H3/t19-/m1/s1. The second-order valence-corrected chi connectivity index (χ2v) is 8.12. The van der Waals surface area contributed by atoms with E-state index in [1.54, 1.807) is 6.20 Å². The van der Waals surface area contributed by atoms with Gasteiger partial charge in [0, 0.05) is 51.7 Å². The number of likely N-dealkylation sites (tertiary alicyclic amines) is 1. The molecule has 0 radical (unpaired) electrons. The number of aryl methyl sites for hydroxylation is 1. The minimum absolute atomic E-state index is 0.0957. The molecule has 0 unspecified atom stereocenters. The molecule has 3 aliphatic heterocycles. The van der Waals surface area contributed by atoms with Crippen molar-refractivity contribution in [3.8, 4) is 0 Å². The van der Waals surface area contributed by atoms with E-state index in [0.29, 0.717) is 13.0 Å². The van der Waals surface area contributed by atoms with Crippen molar-refractivity contribution in [2.24, 2.45) is 0 Å². The van der Waals surface area contributed by atoms with Gasteiger partial charge in [0.25, 0.3) is 5.91 Å². The summed E-state index contributed by atoms with van der Waals surface area (Å²) in [5, 5.41) is 4.43. The number of hydrogen-bond donors (Lipinski definition) is 0. The van der Waals surface area contributed by atoms with Crippen molar-refractivity contribution >= 4 is 11.8 Å². The van der Waals surface area contributed by atoms with Crippen molar-refractivity contribution in [3.05, 3.63) is 17.5 Å². The maximum absolute atomic E-state index is 13.3. The van der Waals surface area contributed by atoms with E-state index < -0.39 is 0 Å². The number of rotatable bonds is 1. The number of likely N-dealkylation sites (N-methyl/N-ethyl adjacent to an activating group) is 1. The number of fused-ring (bicyclic) bond motifs is 1. The number of carbonyl (C=O) groups is 2. The molecule has 4 rings (SSSR count). The van der Waals surface area contributed by atoms with Crippen molar-refractivity contribution in [3.63, 3.8) is 0 Å². The highest BCUT2D eigenvalue weighted by molar-refractivity contribution is 5.95. The molecule has 1 spiro atoms. The fraction of sp³-hybridized carbons (Fsp3) is 0.737. The van der Waals surface area contributed by atoms with Crippen LogP contribution in [0.15, 0.2) is 6.20 Å². The van der Waals surface area contributed by atoms with Crippen LogP contribution in [0.5, 0.6) is 0 Å². The lowest BCUT2D eigenvalue weighted by Gasteiger charge is -2.49. The summed E-state index contributed by atoms with van der Waals surface area (Å²) in [6.07, 6.45) is 7.28. The molecule has 2 amide bonds. The monoisotopic (exact) mass is 359 g/mol. The largest absolute Gasteiger partial charge is 0.346 e. The average molecular weight is 359 g/mol. The first-order chi connectivity index (χ1) is 12.5. The summed E-state index contributed by atoms with van der Waals surface area (Å²) in [5.74, 6) is 0.328. The fourth-order valence-electron chi connectivity index (χ4n) is 4.70. The van der Waals surface area contributed by atoms with Crippen LogP contribution < -0.4 is 0 Å². The molecule has 142 valence electrons. The minimum Gasteiger partial charge on any atom is -0.346 e. The zero-order valence-corrected chi connectivity index (χ0v) is 15.9. The van der Waals surface area contributed by atoms with Crippen LogP contribution in [-0.2, 0) is 17.8 Å². The average Bonchev–Trinajstić information content (AvgIpc) is 3.03. The van der Waals surface area contributed by atoms with E-state index in [2.05, 4.69) is 17.0 Å². The van der Waals surface area contributed by atoms with Gasteiger partial charge in [-0.1, -0.05) is 0 Å². The Morgan fingerprint density at radius 1 is 1.08 bits per heavy atom. The third kappa shape index (κ3) is 2.92. The van der Waals surface area contributed by atoms with Crippen LogP contribution in [-0.4, -0.2) is 82.1 Å². The molecule has 0 bridgehead atoms. The lowest BCUT2D eigenvalue weighted by molar-refractivity contribution is -0.129. The van der Waals surface area contributed by atoms with E-state index in [0.717, 1.165) is 69.5 Å². The molecule has 26 heavy (non-hydrogen) atoms. The highest BCUT2D eigenvalue weighted by Crippen LogP contribution is 2.32. The Morgan fingerprint density at radius 3 is 2.77 bits per heavy atom. The maximum Gasteiger partial charge on any atom is 0.257 e. The first-order valence-electron chi connectivity index (χ1n) is 9.79. The highest BCUT2D eigenvalue weighted by atomic mass is 16.2. The Bertz CT molecular complexity index is 715. The van der Waals surface area contributed by atoms with E-state index in [1.807, 2.05) is 21.5 Å². The van der Waals surface area contributed by atoms with Gasteiger partial charge in [-0.2, -0.15) is 5.10 Å². The van der Waals surface area contributed by atoms with Crippen LogP contribution in [0.2, 0.25) is 0 Å². The van der Waals surface area contributed by atoms with Crippen LogP contribution in [0.25, 0.3) is 0 Å². The molecule has 1 atom stereocenters. The Balaban J connectivity index is 1.55. The highest BCUT2D eigenvalue weighted by Gasteiger charge is 2.43. The quantitative estimate of drug-likeness (QED) is 0.750. The fourth-order valence-corrected chi connectivity index (χ4v) is 4.70. The molecule has 1 aromatic rings. The van der Waals surface area contributed by atoms with Crippen molar-refractivity contribution in [1.82, 2.24) is 24.5 Å². The smallest absolute Gasteiger partial charge is 0.257 e. The predicted octanol–water partition coefficient (Wildman–Crippen LogP) is 0.988. The number of aromatic nitrogens is 2. The number of carbonyl (C=O) groups excluding carboxylic acids is 2. The Morgan fingerprint density at radius 2 is 1.92 bits per heavy atom. The summed E-state index contributed by atoms with van der Waals surface area (Å²) < 4.78 is 2.00. The van der Waals surface area contributed by atoms with Gasteiger partial charge in [0.05, 0.1) is 17.5 Å². The summed E-state index contributed by atoms with van der Waals surface area (Å²) in [5.41, 5.74) is 1.79. The van der Waals surface area contributed by atoms with Crippen molar-refractivity contribution < 1.29 is 9.59 Å². The Hall–Kier alpha value is -1.89. The lowest BCUT2D eigenvalue weighted by Crippen LogP contribution is -2.62. The molecule has 2 saturated heterocycles. The molecule has 1 aromatic heterocycles. The van der Waals surface area contributed by atoms with Crippen molar-refractivity contribution in [2.45, 2.75) is 50.6 Å². The topological polar surface area (TPSA) is 61.7 Å². The molecule has 7 nitrogen and oxygen atoms in total. The number of amides is 2. The third-order valence-electron chi connectivity index (χ3n) is 6.64. The van der Waals surface area contributed by atoms with Gasteiger partial charge < -0.3 is 9.80 Å². The summed E-state index contributed by atoms with van der Waals surface area (Å²) in [4.78, 5) is 31.6. The molecule has 0 aromatic carbocycles. The van der Waals surface area contributed by atoms with E-state index in [9.17, 15) is 9.59 Å². The van der Waals surface area contributed by atoms with Crippen LogP contribution in [0, 0.1) is 0 Å². The Kier molecular flexibility index (Phi) is 4.50. The van der Waals surface area contributed by atoms with Crippen molar-refractivity contribution in [2.75, 3.05) is 40.3 Å². The molecule has 2 fully saturated rings. The molecular weight excluding hydrogens is 330 g/mol. The summed E-state index contributed by atoms with van der Waals surface area (Å²) in [7, 11) is 4.02. The van der Waals surface area contributed by atoms with Gasteiger partial charge in [-0.3, -0.25) is 19.2 Å². The number of nitrogens with zero attached hydrogens (tertiary/aromatic N) is 5. The first-order valence-corrected chi connectivity index (χ1v) is 9.79. The van der Waals surface area contributed by atoms with Crippen LogP contribution in [0.4, 0.5) is 0 Å². The molecule has 0 N–H and O–H groups in total. The van der Waals surface area contributed by atoms with Gasteiger partial charge in [0.2, 0.25) is 5.91 Å². The number of hydrogen-bond acceptors (Lipinski definition) is 4. The summed E-state index contributed by atoms with van der Waals surface area (Å²) in [6, 6.07) is 0. The normalized spacial score (nSPS) is 27.5. The summed E-state index contributed by atoms with van der Waals surface area (Å²) >= 11 is 0. The molecule has 7 heteroatoms. The van der Waals surface area contributed by atoms with Crippen molar-refractivity contribution in [1.29, 1.82) is 0 Å². The van der Waals surface area contributed by atoms with Crippen LogP contribution >= 0.6 is 0 Å². The zero-order valence-electron chi connectivity index (χ0n) is 15.9. The Labute approximate surface area is 154 Å². The van der Waals surface area contributed by atoms with Crippen LogP contribution in [0.3, 0.4) is 0 Å². The minimum atomic E-state index is -0.0957. The van der Waals surface area contributed by atoms with Crippen LogP contribution in [0.1, 0.15) is 48.2 Å². The molecule has 3 aliphatic rings. The second kappa shape index (κ2) is 6.68. The van der Waals surface area contributed by atoms with Gasteiger partial charge in [-0.25, -0.2) is 0 Å². The molecular formula is C19H29N5O2. The van der Waals surface area contributed by atoms with E-state index in [1.165, 1.54) is 0 Å². The maximum atomic E-state index is 13.3. The van der Waals surface area contributed by atoms with E-state index >= 15 is 0 Å². The van der Waals surface area contributed by atoms with E-state index in [4.69, 9.17) is 0 Å². The predicted molar refractivity (Wildman–Crippen MR) is 97.9 cm³/mol. The third-order valence-corrected chi connectivity index (χ3v) is 6.64. The number of piperazine rings is 1. The molecule has 0 saturated carbocycles. The van der Waals surface area contributed by atoms with Gasteiger partial charge in [-0.05, 0) is 39.2 Å². The first kappa shape index (κ1) is 17.5. The van der Waals surface area contributed by atoms with Gasteiger partial charge in [-0.15, -0.1) is 0 Å².